The highest BCUT2D eigenvalue weighted by Gasteiger charge is 2.03. The van der Waals surface area contributed by atoms with Crippen molar-refractivity contribution in [1.82, 2.24) is 5.32 Å². The maximum atomic E-state index is 10.6. The standard InChI is InChI=1S/C16H18N2O2S/c1-21-16-8-4-14(5-9-16)12-17-11-10-13-2-6-15(7-3-13)18(19)20/h2-9,17H,10-12H2,1H3. The number of hydrogen-bond acceptors (Lipinski definition) is 4. The monoisotopic (exact) mass is 302 g/mol. The molecule has 0 aliphatic carbocycles. The van der Waals surface area contributed by atoms with Crippen LogP contribution in [0.1, 0.15) is 11.1 Å². The molecule has 2 aromatic carbocycles. The highest BCUT2D eigenvalue weighted by molar-refractivity contribution is 7.98. The number of thioether (sulfide) groups is 1. The summed E-state index contributed by atoms with van der Waals surface area (Å²) in [5.41, 5.74) is 2.50. The number of nitrogens with one attached hydrogen (secondary N) is 1. The molecular formula is C16H18N2O2S. The summed E-state index contributed by atoms with van der Waals surface area (Å²) in [4.78, 5) is 11.5. The molecule has 0 saturated heterocycles. The molecule has 0 aromatic heterocycles. The molecule has 0 radical (unpaired) electrons. The van der Waals surface area contributed by atoms with Crippen LogP contribution >= 0.6 is 11.8 Å². The molecule has 4 nitrogen and oxygen atoms in total. The molecule has 2 aromatic rings. The van der Waals surface area contributed by atoms with E-state index in [9.17, 15) is 10.1 Å². The maximum Gasteiger partial charge on any atom is 0.269 e. The summed E-state index contributed by atoms with van der Waals surface area (Å²) in [6.45, 7) is 1.68. The maximum absolute atomic E-state index is 10.6. The number of nitrogens with zero attached hydrogens (tertiary/aromatic N) is 1. The second-order valence-corrected chi connectivity index (χ2v) is 5.58. The van der Waals surface area contributed by atoms with Crippen LogP contribution in [-0.2, 0) is 13.0 Å². The molecule has 2 rings (SSSR count). The van der Waals surface area contributed by atoms with E-state index in [1.54, 1.807) is 23.9 Å². The molecule has 0 spiro atoms. The van der Waals surface area contributed by atoms with Crippen molar-refractivity contribution in [3.8, 4) is 0 Å². The highest BCUT2D eigenvalue weighted by atomic mass is 32.2. The van der Waals surface area contributed by atoms with Crippen molar-refractivity contribution in [2.24, 2.45) is 0 Å². The van der Waals surface area contributed by atoms with Gasteiger partial charge >= 0.3 is 0 Å². The molecule has 21 heavy (non-hydrogen) atoms. The van der Waals surface area contributed by atoms with Crippen molar-refractivity contribution in [3.63, 3.8) is 0 Å². The van der Waals surface area contributed by atoms with Crippen LogP contribution in [0.4, 0.5) is 5.69 Å². The van der Waals surface area contributed by atoms with Gasteiger partial charge in [-0.05, 0) is 42.5 Å². The predicted molar refractivity (Wildman–Crippen MR) is 86.7 cm³/mol. The Bertz CT molecular complexity index is 582. The first-order valence-corrected chi connectivity index (χ1v) is 7.98. The van der Waals surface area contributed by atoms with Gasteiger partial charge in [0.25, 0.3) is 5.69 Å². The van der Waals surface area contributed by atoms with Gasteiger partial charge in [0.2, 0.25) is 0 Å². The summed E-state index contributed by atoms with van der Waals surface area (Å²) in [5.74, 6) is 0. The lowest BCUT2D eigenvalue weighted by Gasteiger charge is -2.06. The van der Waals surface area contributed by atoms with Gasteiger partial charge in [-0.25, -0.2) is 0 Å². The zero-order chi connectivity index (χ0) is 15.1. The molecule has 0 aliphatic heterocycles. The van der Waals surface area contributed by atoms with Gasteiger partial charge in [0.15, 0.2) is 0 Å². The van der Waals surface area contributed by atoms with E-state index in [2.05, 4.69) is 35.8 Å². The minimum absolute atomic E-state index is 0.139. The predicted octanol–water partition coefficient (Wildman–Crippen LogP) is 3.65. The molecule has 1 N–H and O–H groups in total. The largest absolute Gasteiger partial charge is 0.312 e. The molecule has 0 heterocycles. The quantitative estimate of drug-likeness (QED) is 0.367. The third kappa shape index (κ3) is 4.88. The summed E-state index contributed by atoms with van der Waals surface area (Å²) in [5, 5.41) is 14.0. The number of non-ortho nitro benzene ring substituents is 1. The second kappa shape index (κ2) is 7.81. The molecule has 0 amide bonds. The topological polar surface area (TPSA) is 55.2 Å². The Morgan fingerprint density at radius 2 is 1.67 bits per heavy atom. The van der Waals surface area contributed by atoms with Crippen molar-refractivity contribution in [2.45, 2.75) is 17.9 Å². The summed E-state index contributed by atoms with van der Waals surface area (Å²) < 4.78 is 0. The van der Waals surface area contributed by atoms with Crippen LogP contribution in [0.15, 0.2) is 53.4 Å². The first kappa shape index (κ1) is 15.5. The molecule has 0 aliphatic rings. The van der Waals surface area contributed by atoms with Crippen molar-refractivity contribution in [3.05, 3.63) is 69.8 Å². The molecule has 110 valence electrons. The zero-order valence-electron chi connectivity index (χ0n) is 11.9. The van der Waals surface area contributed by atoms with Gasteiger partial charge in [0.05, 0.1) is 4.92 Å². The van der Waals surface area contributed by atoms with Gasteiger partial charge in [-0.3, -0.25) is 10.1 Å². The van der Waals surface area contributed by atoms with E-state index in [0.717, 1.165) is 25.1 Å². The van der Waals surface area contributed by atoms with Gasteiger partial charge in [0.1, 0.15) is 0 Å². The fourth-order valence-electron chi connectivity index (χ4n) is 1.99. The first-order chi connectivity index (χ1) is 10.2. The Morgan fingerprint density at radius 3 is 2.24 bits per heavy atom. The minimum Gasteiger partial charge on any atom is -0.312 e. The Balaban J connectivity index is 1.74. The van der Waals surface area contributed by atoms with Crippen molar-refractivity contribution in [2.75, 3.05) is 12.8 Å². The number of nitro benzene ring substituents is 1. The average Bonchev–Trinajstić information content (AvgIpc) is 2.52. The van der Waals surface area contributed by atoms with Gasteiger partial charge in [-0.1, -0.05) is 24.3 Å². The fourth-order valence-corrected chi connectivity index (χ4v) is 2.40. The van der Waals surface area contributed by atoms with Crippen LogP contribution < -0.4 is 5.32 Å². The van der Waals surface area contributed by atoms with Crippen LogP contribution in [-0.4, -0.2) is 17.7 Å². The third-order valence-electron chi connectivity index (χ3n) is 3.23. The number of nitro groups is 1. The molecule has 0 fully saturated rings. The number of benzene rings is 2. The second-order valence-electron chi connectivity index (χ2n) is 4.70. The Kier molecular flexibility index (Phi) is 5.78. The SMILES string of the molecule is CSc1ccc(CNCCc2ccc([N+](=O)[O-])cc2)cc1. The van der Waals surface area contributed by atoms with E-state index in [0.29, 0.717) is 0 Å². The normalized spacial score (nSPS) is 10.5. The molecule has 5 heteroatoms. The molecular weight excluding hydrogens is 284 g/mol. The van der Waals surface area contributed by atoms with E-state index in [1.165, 1.54) is 10.5 Å². The fraction of sp³-hybridized carbons (Fsp3) is 0.250. The zero-order valence-corrected chi connectivity index (χ0v) is 12.7. The van der Waals surface area contributed by atoms with Crippen LogP contribution in [0.3, 0.4) is 0 Å². The third-order valence-corrected chi connectivity index (χ3v) is 3.97. The summed E-state index contributed by atoms with van der Waals surface area (Å²) in [6, 6.07) is 15.2. The minimum atomic E-state index is -0.375. The Labute approximate surface area is 128 Å². The Morgan fingerprint density at radius 1 is 1.05 bits per heavy atom. The van der Waals surface area contributed by atoms with E-state index >= 15 is 0 Å². The van der Waals surface area contributed by atoms with E-state index in [4.69, 9.17) is 0 Å². The van der Waals surface area contributed by atoms with E-state index in [1.807, 2.05) is 12.1 Å². The van der Waals surface area contributed by atoms with Crippen molar-refractivity contribution in [1.29, 1.82) is 0 Å². The summed E-state index contributed by atoms with van der Waals surface area (Å²) >= 11 is 1.74. The highest BCUT2D eigenvalue weighted by Crippen LogP contribution is 2.15. The lowest BCUT2D eigenvalue weighted by molar-refractivity contribution is -0.384. The summed E-state index contributed by atoms with van der Waals surface area (Å²) in [7, 11) is 0. The van der Waals surface area contributed by atoms with Gasteiger partial charge in [-0.15, -0.1) is 11.8 Å². The molecule has 0 atom stereocenters. The van der Waals surface area contributed by atoms with E-state index in [-0.39, 0.29) is 10.6 Å². The Hall–Kier alpha value is -1.85. The molecule has 0 bridgehead atoms. The number of hydrogen-bond donors (Lipinski definition) is 1. The lowest BCUT2D eigenvalue weighted by Crippen LogP contribution is -2.16. The number of rotatable bonds is 7. The van der Waals surface area contributed by atoms with Crippen LogP contribution in [0.5, 0.6) is 0 Å². The van der Waals surface area contributed by atoms with Crippen LogP contribution in [0.2, 0.25) is 0 Å². The van der Waals surface area contributed by atoms with Crippen LogP contribution in [0, 0.1) is 10.1 Å². The van der Waals surface area contributed by atoms with E-state index < -0.39 is 0 Å². The van der Waals surface area contributed by atoms with Gasteiger partial charge < -0.3 is 5.32 Å². The summed E-state index contributed by atoms with van der Waals surface area (Å²) in [6.07, 6.45) is 2.93. The molecule has 0 saturated carbocycles. The van der Waals surface area contributed by atoms with Crippen molar-refractivity contribution < 1.29 is 4.92 Å². The van der Waals surface area contributed by atoms with Crippen molar-refractivity contribution >= 4 is 17.4 Å². The average molecular weight is 302 g/mol. The molecule has 0 unspecified atom stereocenters. The van der Waals surface area contributed by atoms with Gasteiger partial charge in [0, 0.05) is 23.6 Å². The lowest BCUT2D eigenvalue weighted by atomic mass is 10.1. The van der Waals surface area contributed by atoms with Crippen LogP contribution in [0.25, 0.3) is 0 Å². The first-order valence-electron chi connectivity index (χ1n) is 6.76. The van der Waals surface area contributed by atoms with Gasteiger partial charge in [-0.2, -0.15) is 0 Å². The smallest absolute Gasteiger partial charge is 0.269 e.